The number of fused-ring (bicyclic) bond motifs is 1. The summed E-state index contributed by atoms with van der Waals surface area (Å²) in [5.74, 6) is 0.494. The van der Waals surface area contributed by atoms with E-state index in [9.17, 15) is 14.7 Å². The molecular formula is C28H37N3O3S. The van der Waals surface area contributed by atoms with E-state index in [1.807, 2.05) is 12.1 Å². The van der Waals surface area contributed by atoms with Gasteiger partial charge in [0.2, 0.25) is 5.91 Å². The van der Waals surface area contributed by atoms with Crippen molar-refractivity contribution in [3.05, 3.63) is 63.5 Å². The highest BCUT2D eigenvalue weighted by molar-refractivity contribution is 7.18. The zero-order valence-electron chi connectivity index (χ0n) is 21.0. The molecule has 1 aliphatic carbocycles. The SMILES string of the molecule is CCc1cc2c(=O)n(CC(=O)NC[C@@]3(C)CC[C@@H](C)C[C@H](O)C[C@@H](c4ccccc4)C3)cnc2s1. The van der Waals surface area contributed by atoms with Crippen molar-refractivity contribution in [3.63, 3.8) is 0 Å². The third-order valence-corrected chi connectivity index (χ3v) is 8.61. The Bertz CT molecular complexity index is 1210. The van der Waals surface area contributed by atoms with Crippen LogP contribution in [-0.2, 0) is 17.8 Å². The lowest BCUT2D eigenvalue weighted by atomic mass is 9.74. The van der Waals surface area contributed by atoms with Crippen molar-refractivity contribution < 1.29 is 9.90 Å². The van der Waals surface area contributed by atoms with Crippen LogP contribution >= 0.6 is 11.3 Å². The van der Waals surface area contributed by atoms with Crippen LogP contribution in [0.5, 0.6) is 0 Å². The van der Waals surface area contributed by atoms with Gasteiger partial charge in [-0.25, -0.2) is 4.98 Å². The molecule has 1 aliphatic rings. The standard InChI is InChI=1S/C28H37N3O3S/c1-4-23-14-24-26(35-23)30-18-31(27(24)34)16-25(33)29-17-28(3)11-10-19(2)12-22(32)13-21(15-28)20-8-6-5-7-9-20/h5-9,14,18-19,21-22,32H,4,10-13,15-17H2,1-3H3,(H,29,33)/t19-,21-,22+,28+/m1/s1. The number of thiophene rings is 1. The molecule has 0 saturated heterocycles. The minimum absolute atomic E-state index is 0.0353. The van der Waals surface area contributed by atoms with Crippen LogP contribution in [0.2, 0.25) is 0 Å². The largest absolute Gasteiger partial charge is 0.393 e. The number of aliphatic hydroxyl groups is 1. The van der Waals surface area contributed by atoms with Gasteiger partial charge in [-0.1, -0.05) is 57.5 Å². The second-order valence-corrected chi connectivity index (χ2v) is 11.7. The highest BCUT2D eigenvalue weighted by Gasteiger charge is 2.33. The predicted octanol–water partition coefficient (Wildman–Crippen LogP) is 4.89. The van der Waals surface area contributed by atoms with Crippen LogP contribution in [0.1, 0.15) is 69.2 Å². The number of rotatable bonds is 6. The van der Waals surface area contributed by atoms with Gasteiger partial charge in [-0.05, 0) is 61.0 Å². The molecule has 0 bridgehead atoms. The second-order valence-electron chi connectivity index (χ2n) is 10.6. The number of nitrogens with zero attached hydrogens (tertiary/aromatic N) is 2. The van der Waals surface area contributed by atoms with Gasteiger partial charge in [-0.2, -0.15) is 0 Å². The molecule has 1 fully saturated rings. The summed E-state index contributed by atoms with van der Waals surface area (Å²) in [7, 11) is 0. The molecule has 1 amide bonds. The maximum Gasteiger partial charge on any atom is 0.262 e. The van der Waals surface area contributed by atoms with Gasteiger partial charge in [0.25, 0.3) is 5.56 Å². The van der Waals surface area contributed by atoms with E-state index >= 15 is 0 Å². The summed E-state index contributed by atoms with van der Waals surface area (Å²) >= 11 is 1.53. The molecule has 4 rings (SSSR count). The highest BCUT2D eigenvalue weighted by atomic mass is 32.1. The minimum Gasteiger partial charge on any atom is -0.393 e. The molecule has 7 heteroatoms. The number of aliphatic hydroxyl groups excluding tert-OH is 1. The Balaban J connectivity index is 1.47. The van der Waals surface area contributed by atoms with Crippen molar-refractivity contribution in [2.75, 3.05) is 6.54 Å². The maximum atomic E-state index is 12.9. The average Bonchev–Trinajstić information content (AvgIpc) is 3.29. The van der Waals surface area contributed by atoms with Gasteiger partial charge in [0, 0.05) is 11.4 Å². The van der Waals surface area contributed by atoms with E-state index in [0.29, 0.717) is 17.8 Å². The number of aromatic nitrogens is 2. The molecule has 0 radical (unpaired) electrons. The molecule has 2 aromatic heterocycles. The molecule has 3 aromatic rings. The first kappa shape index (κ1) is 25.6. The van der Waals surface area contributed by atoms with Gasteiger partial charge in [-0.3, -0.25) is 14.2 Å². The zero-order chi connectivity index (χ0) is 25.0. The Hall–Kier alpha value is -2.51. The molecule has 0 aliphatic heterocycles. The van der Waals surface area contributed by atoms with E-state index in [-0.39, 0.29) is 35.4 Å². The first-order chi connectivity index (χ1) is 16.8. The summed E-state index contributed by atoms with van der Waals surface area (Å²) in [6.07, 6.45) is 6.46. The van der Waals surface area contributed by atoms with Crippen molar-refractivity contribution >= 4 is 27.5 Å². The average molecular weight is 496 g/mol. The number of aryl methyl sites for hydroxylation is 1. The molecule has 4 atom stereocenters. The Labute approximate surface area is 211 Å². The molecule has 35 heavy (non-hydrogen) atoms. The van der Waals surface area contributed by atoms with Crippen LogP contribution < -0.4 is 10.9 Å². The van der Waals surface area contributed by atoms with E-state index in [0.717, 1.165) is 48.2 Å². The topological polar surface area (TPSA) is 84.2 Å². The molecule has 188 valence electrons. The number of hydrogen-bond acceptors (Lipinski definition) is 5. The minimum atomic E-state index is -0.313. The molecule has 6 nitrogen and oxygen atoms in total. The van der Waals surface area contributed by atoms with Crippen LogP contribution in [0.25, 0.3) is 10.2 Å². The summed E-state index contributed by atoms with van der Waals surface area (Å²) in [6, 6.07) is 12.3. The first-order valence-corrected chi connectivity index (χ1v) is 13.6. The number of nitrogens with one attached hydrogen (secondary N) is 1. The summed E-state index contributed by atoms with van der Waals surface area (Å²) in [4.78, 5) is 32.0. The molecular weight excluding hydrogens is 458 g/mol. The van der Waals surface area contributed by atoms with Crippen LogP contribution in [0.15, 0.2) is 47.5 Å². The van der Waals surface area contributed by atoms with Crippen LogP contribution in [0.3, 0.4) is 0 Å². The molecule has 2 N–H and O–H groups in total. The molecule has 1 saturated carbocycles. The zero-order valence-corrected chi connectivity index (χ0v) is 21.8. The molecule has 0 unspecified atom stereocenters. The Morgan fingerprint density at radius 1 is 1.29 bits per heavy atom. The predicted molar refractivity (Wildman–Crippen MR) is 142 cm³/mol. The summed E-state index contributed by atoms with van der Waals surface area (Å²) in [5, 5.41) is 14.4. The van der Waals surface area contributed by atoms with E-state index in [2.05, 4.69) is 55.3 Å². The van der Waals surface area contributed by atoms with Crippen molar-refractivity contribution in [1.82, 2.24) is 14.9 Å². The van der Waals surface area contributed by atoms with Crippen molar-refractivity contribution in [2.24, 2.45) is 11.3 Å². The van der Waals surface area contributed by atoms with Gasteiger partial charge in [0.1, 0.15) is 11.4 Å². The third-order valence-electron chi connectivity index (χ3n) is 7.43. The smallest absolute Gasteiger partial charge is 0.262 e. The lowest BCUT2D eigenvalue weighted by molar-refractivity contribution is -0.122. The monoisotopic (exact) mass is 495 g/mol. The van der Waals surface area contributed by atoms with Crippen molar-refractivity contribution in [1.29, 1.82) is 0 Å². The van der Waals surface area contributed by atoms with Gasteiger partial charge in [-0.15, -0.1) is 11.3 Å². The lowest BCUT2D eigenvalue weighted by Gasteiger charge is -2.34. The van der Waals surface area contributed by atoms with Crippen LogP contribution in [-0.4, -0.2) is 33.2 Å². The highest BCUT2D eigenvalue weighted by Crippen LogP contribution is 2.41. The van der Waals surface area contributed by atoms with Gasteiger partial charge >= 0.3 is 0 Å². The number of amides is 1. The van der Waals surface area contributed by atoms with Gasteiger partial charge in [0.15, 0.2) is 0 Å². The van der Waals surface area contributed by atoms with E-state index < -0.39 is 0 Å². The van der Waals surface area contributed by atoms with Crippen LogP contribution in [0.4, 0.5) is 0 Å². The normalized spacial score (nSPS) is 25.5. The van der Waals surface area contributed by atoms with E-state index in [1.165, 1.54) is 27.8 Å². The fourth-order valence-electron chi connectivity index (χ4n) is 5.34. The summed E-state index contributed by atoms with van der Waals surface area (Å²) in [5.41, 5.74) is 0.971. The second kappa shape index (κ2) is 11.0. The fourth-order valence-corrected chi connectivity index (χ4v) is 6.27. The lowest BCUT2D eigenvalue weighted by Crippen LogP contribution is -2.39. The number of carbonyl (C=O) groups is 1. The molecule has 0 spiro atoms. The Morgan fingerprint density at radius 2 is 2.06 bits per heavy atom. The maximum absolute atomic E-state index is 12.9. The fraction of sp³-hybridized carbons (Fsp3) is 0.536. The molecule has 2 heterocycles. The number of carbonyl (C=O) groups excluding carboxylic acids is 1. The summed E-state index contributed by atoms with van der Waals surface area (Å²) < 4.78 is 1.40. The van der Waals surface area contributed by atoms with E-state index in [4.69, 9.17) is 0 Å². The number of benzene rings is 1. The number of hydrogen-bond donors (Lipinski definition) is 2. The Morgan fingerprint density at radius 3 is 2.80 bits per heavy atom. The van der Waals surface area contributed by atoms with Crippen molar-refractivity contribution in [3.8, 4) is 0 Å². The van der Waals surface area contributed by atoms with E-state index in [1.54, 1.807) is 0 Å². The van der Waals surface area contributed by atoms with Crippen molar-refractivity contribution in [2.45, 2.75) is 77.9 Å². The third kappa shape index (κ3) is 6.39. The quantitative estimate of drug-likeness (QED) is 0.510. The van der Waals surface area contributed by atoms with Gasteiger partial charge in [0.05, 0.1) is 17.8 Å². The van der Waals surface area contributed by atoms with Crippen LogP contribution in [0, 0.1) is 11.3 Å². The van der Waals surface area contributed by atoms with Gasteiger partial charge < -0.3 is 10.4 Å². The summed E-state index contributed by atoms with van der Waals surface area (Å²) in [6.45, 7) is 7.01. The molecule has 1 aromatic carbocycles. The Kier molecular flexibility index (Phi) is 8.07. The first-order valence-electron chi connectivity index (χ1n) is 12.7.